The van der Waals surface area contributed by atoms with Gasteiger partial charge in [-0.2, -0.15) is 0 Å². The lowest BCUT2D eigenvalue weighted by Gasteiger charge is -2.11. The lowest BCUT2D eigenvalue weighted by molar-refractivity contribution is -0.141. The fraction of sp³-hybridized carbons (Fsp3) is 0.222. The first-order valence-corrected chi connectivity index (χ1v) is 6.93. The molecule has 0 saturated heterocycles. The van der Waals surface area contributed by atoms with Crippen LogP contribution >= 0.6 is 0 Å². The van der Waals surface area contributed by atoms with Crippen LogP contribution in [0.25, 0.3) is 0 Å². The van der Waals surface area contributed by atoms with Crippen molar-refractivity contribution in [2.45, 2.75) is 12.8 Å². The van der Waals surface area contributed by atoms with Gasteiger partial charge in [-0.25, -0.2) is 0 Å². The quantitative estimate of drug-likeness (QED) is 0.628. The Morgan fingerprint density at radius 2 is 1.59 bits per heavy atom. The lowest BCUT2D eigenvalue weighted by atomic mass is 9.96. The van der Waals surface area contributed by atoms with Crippen LogP contribution in [0.3, 0.4) is 0 Å². The Hall–Kier alpha value is -2.62. The van der Waals surface area contributed by atoms with Gasteiger partial charge in [0.15, 0.2) is 5.78 Å². The number of hydrogen-bond donors (Lipinski definition) is 0. The van der Waals surface area contributed by atoms with Crippen molar-refractivity contribution in [3.8, 4) is 5.75 Å². The van der Waals surface area contributed by atoms with Crippen LogP contribution in [-0.2, 0) is 9.53 Å². The number of carbonyl (C=O) groups excluding carboxylic acids is 2. The lowest BCUT2D eigenvalue weighted by Crippen LogP contribution is -2.11. The fourth-order valence-corrected chi connectivity index (χ4v) is 2.19. The number of hydrogen-bond acceptors (Lipinski definition) is 4. The van der Waals surface area contributed by atoms with Gasteiger partial charge in [0.05, 0.1) is 20.1 Å². The summed E-state index contributed by atoms with van der Waals surface area (Å²) in [6.45, 7) is 1.75. The van der Waals surface area contributed by atoms with Gasteiger partial charge in [-0.1, -0.05) is 30.3 Å². The van der Waals surface area contributed by atoms with Crippen molar-refractivity contribution >= 4 is 11.8 Å². The number of ether oxygens (including phenoxy) is 2. The maximum Gasteiger partial charge on any atom is 0.312 e. The highest BCUT2D eigenvalue weighted by molar-refractivity contribution is 6.09. The molecule has 0 aromatic heterocycles. The summed E-state index contributed by atoms with van der Waals surface area (Å²) in [7, 11) is 2.91. The molecule has 1 unspecified atom stereocenters. The van der Waals surface area contributed by atoms with E-state index in [4.69, 9.17) is 9.47 Å². The van der Waals surface area contributed by atoms with E-state index in [-0.39, 0.29) is 11.8 Å². The van der Waals surface area contributed by atoms with Crippen molar-refractivity contribution in [1.82, 2.24) is 0 Å². The van der Waals surface area contributed by atoms with Crippen LogP contribution in [0.5, 0.6) is 5.75 Å². The van der Waals surface area contributed by atoms with E-state index < -0.39 is 5.92 Å². The molecule has 0 amide bonds. The number of esters is 1. The molecule has 2 aromatic carbocycles. The third-order valence-electron chi connectivity index (χ3n) is 3.54. The molecule has 0 heterocycles. The first-order chi connectivity index (χ1) is 10.6. The van der Waals surface area contributed by atoms with Gasteiger partial charge in [0.25, 0.3) is 0 Å². The van der Waals surface area contributed by atoms with Crippen molar-refractivity contribution in [3.05, 3.63) is 65.2 Å². The highest BCUT2D eigenvalue weighted by atomic mass is 16.5. The van der Waals surface area contributed by atoms with Gasteiger partial charge in [-0.15, -0.1) is 0 Å². The van der Waals surface area contributed by atoms with Crippen LogP contribution in [0.15, 0.2) is 48.5 Å². The summed E-state index contributed by atoms with van der Waals surface area (Å²) in [4.78, 5) is 24.2. The number of benzene rings is 2. The largest absolute Gasteiger partial charge is 0.497 e. The molecule has 0 fully saturated rings. The Kier molecular flexibility index (Phi) is 4.94. The topological polar surface area (TPSA) is 52.6 Å². The van der Waals surface area contributed by atoms with E-state index in [0.717, 1.165) is 5.56 Å². The Balaban J connectivity index is 2.32. The number of methoxy groups -OCH3 is 2. The molecule has 0 aliphatic carbocycles. The van der Waals surface area contributed by atoms with E-state index in [1.165, 1.54) is 7.11 Å². The van der Waals surface area contributed by atoms with Gasteiger partial charge >= 0.3 is 5.97 Å². The first-order valence-electron chi connectivity index (χ1n) is 6.93. The Labute approximate surface area is 129 Å². The third-order valence-corrected chi connectivity index (χ3v) is 3.54. The molecule has 0 aliphatic heterocycles. The zero-order chi connectivity index (χ0) is 16.1. The first kappa shape index (κ1) is 15.8. The van der Waals surface area contributed by atoms with Crippen molar-refractivity contribution in [3.63, 3.8) is 0 Å². The minimum absolute atomic E-state index is 0.113. The zero-order valence-electron chi connectivity index (χ0n) is 12.8. The zero-order valence-corrected chi connectivity index (χ0v) is 12.8. The molecule has 0 bridgehead atoms. The highest BCUT2D eigenvalue weighted by Crippen LogP contribution is 2.21. The fourth-order valence-electron chi connectivity index (χ4n) is 2.19. The second-order valence-electron chi connectivity index (χ2n) is 4.93. The summed E-state index contributed by atoms with van der Waals surface area (Å²) >= 11 is 0. The summed E-state index contributed by atoms with van der Waals surface area (Å²) in [5.74, 6) is -0.225. The van der Waals surface area contributed by atoms with Gasteiger partial charge < -0.3 is 9.47 Å². The average molecular weight is 298 g/mol. The Bertz CT molecular complexity index is 691. The van der Waals surface area contributed by atoms with E-state index in [2.05, 4.69) is 0 Å². The van der Waals surface area contributed by atoms with Crippen molar-refractivity contribution in [2.24, 2.45) is 0 Å². The van der Waals surface area contributed by atoms with Crippen molar-refractivity contribution < 1.29 is 19.1 Å². The molecular formula is C18H18O4. The van der Waals surface area contributed by atoms with Gasteiger partial charge in [-0.3, -0.25) is 9.59 Å². The standard InChI is InChI=1S/C18H18O4/c1-12(18(20)22-3)13-6-4-7-14(10-13)17(19)15-8-5-9-16(11-15)21-2/h4-12H,1-3H3. The molecule has 22 heavy (non-hydrogen) atoms. The minimum Gasteiger partial charge on any atom is -0.497 e. The SMILES string of the molecule is COC(=O)C(C)c1cccc(C(=O)c2cccc(OC)c2)c1. The van der Waals surface area contributed by atoms with Crippen molar-refractivity contribution in [1.29, 1.82) is 0 Å². The van der Waals surface area contributed by atoms with E-state index in [1.807, 2.05) is 6.07 Å². The number of carbonyl (C=O) groups is 2. The number of rotatable bonds is 5. The Morgan fingerprint density at radius 3 is 2.23 bits per heavy atom. The van der Waals surface area contributed by atoms with Crippen LogP contribution in [0.1, 0.15) is 34.3 Å². The molecule has 0 saturated carbocycles. The summed E-state index contributed by atoms with van der Waals surface area (Å²) in [5.41, 5.74) is 1.82. The second kappa shape index (κ2) is 6.89. The molecule has 0 radical (unpaired) electrons. The van der Waals surface area contributed by atoms with Gasteiger partial charge in [0.2, 0.25) is 0 Å². The number of ketones is 1. The smallest absolute Gasteiger partial charge is 0.312 e. The molecule has 0 spiro atoms. The van der Waals surface area contributed by atoms with Crippen LogP contribution in [0, 0.1) is 0 Å². The molecule has 2 rings (SSSR count). The maximum absolute atomic E-state index is 12.6. The predicted octanol–water partition coefficient (Wildman–Crippen LogP) is 3.20. The van der Waals surface area contributed by atoms with E-state index in [1.54, 1.807) is 56.5 Å². The summed E-state index contributed by atoms with van der Waals surface area (Å²) < 4.78 is 9.88. The molecule has 1 atom stereocenters. The molecule has 2 aromatic rings. The van der Waals surface area contributed by atoms with Crippen LogP contribution in [0.2, 0.25) is 0 Å². The van der Waals surface area contributed by atoms with Crippen LogP contribution in [-0.4, -0.2) is 26.0 Å². The van der Waals surface area contributed by atoms with E-state index in [0.29, 0.717) is 16.9 Å². The maximum atomic E-state index is 12.6. The molecule has 4 heteroatoms. The van der Waals surface area contributed by atoms with Crippen LogP contribution < -0.4 is 4.74 Å². The minimum atomic E-state index is -0.414. The molecule has 114 valence electrons. The predicted molar refractivity (Wildman–Crippen MR) is 83.3 cm³/mol. The van der Waals surface area contributed by atoms with Gasteiger partial charge in [0, 0.05) is 11.1 Å². The molecule has 0 aliphatic rings. The normalized spacial score (nSPS) is 11.6. The third kappa shape index (κ3) is 3.34. The van der Waals surface area contributed by atoms with E-state index in [9.17, 15) is 9.59 Å². The monoisotopic (exact) mass is 298 g/mol. The van der Waals surface area contributed by atoms with Crippen LogP contribution in [0.4, 0.5) is 0 Å². The highest BCUT2D eigenvalue weighted by Gasteiger charge is 2.17. The van der Waals surface area contributed by atoms with Crippen molar-refractivity contribution in [2.75, 3.05) is 14.2 Å². The molecule has 0 N–H and O–H groups in total. The average Bonchev–Trinajstić information content (AvgIpc) is 2.59. The second-order valence-corrected chi connectivity index (χ2v) is 4.93. The van der Waals surface area contributed by atoms with Gasteiger partial charge in [-0.05, 0) is 30.7 Å². The summed E-state index contributed by atoms with van der Waals surface area (Å²) in [6.07, 6.45) is 0. The Morgan fingerprint density at radius 1 is 0.955 bits per heavy atom. The van der Waals surface area contributed by atoms with Gasteiger partial charge in [0.1, 0.15) is 5.75 Å². The summed E-state index contributed by atoms with van der Waals surface area (Å²) in [5, 5.41) is 0. The molecular weight excluding hydrogens is 280 g/mol. The molecule has 4 nitrogen and oxygen atoms in total. The van der Waals surface area contributed by atoms with E-state index >= 15 is 0 Å². The summed E-state index contributed by atoms with van der Waals surface area (Å²) in [6, 6.07) is 14.0.